The third kappa shape index (κ3) is 3.94. The lowest BCUT2D eigenvalue weighted by molar-refractivity contribution is -0.120. The van der Waals surface area contributed by atoms with E-state index >= 15 is 0 Å². The van der Waals surface area contributed by atoms with Gasteiger partial charge in [-0.05, 0) is 45.0 Å². The number of likely N-dealkylation sites (N-methyl/N-ethyl adjacent to an activating group) is 1. The van der Waals surface area contributed by atoms with Crippen molar-refractivity contribution in [1.29, 1.82) is 0 Å². The smallest absolute Gasteiger partial charge is 0.239 e. The van der Waals surface area contributed by atoms with Crippen LogP contribution in [0, 0.1) is 0 Å². The number of pyridine rings is 1. The average molecular weight is 350 g/mol. The predicted molar refractivity (Wildman–Crippen MR) is 90.6 cm³/mol. The van der Waals surface area contributed by atoms with Crippen LogP contribution < -0.4 is 10.2 Å². The molecule has 2 aromatic rings. The van der Waals surface area contributed by atoms with E-state index in [2.05, 4.69) is 31.1 Å². The number of aromatic nitrogens is 1. The summed E-state index contributed by atoms with van der Waals surface area (Å²) in [4.78, 5) is 18.5. The fourth-order valence-electron chi connectivity index (χ4n) is 2.29. The number of rotatable bonds is 5. The van der Waals surface area contributed by atoms with Crippen molar-refractivity contribution in [1.82, 2.24) is 10.3 Å². The third-order valence-corrected chi connectivity index (χ3v) is 3.68. The van der Waals surface area contributed by atoms with E-state index < -0.39 is 0 Å². The molecule has 1 aromatic carbocycles. The van der Waals surface area contributed by atoms with Crippen LogP contribution in [0.15, 0.2) is 34.9 Å². The molecule has 0 bridgehead atoms. The molecule has 0 spiro atoms. The Hall–Kier alpha value is -1.62. The van der Waals surface area contributed by atoms with Crippen molar-refractivity contribution in [2.45, 2.75) is 26.8 Å². The van der Waals surface area contributed by atoms with Crippen LogP contribution in [0.5, 0.6) is 0 Å². The lowest BCUT2D eigenvalue weighted by Crippen LogP contribution is -2.40. The fourth-order valence-corrected chi connectivity index (χ4v) is 2.64. The van der Waals surface area contributed by atoms with Crippen molar-refractivity contribution >= 4 is 38.4 Å². The first kappa shape index (κ1) is 15.8. The second kappa shape index (κ2) is 6.89. The zero-order valence-electron chi connectivity index (χ0n) is 12.6. The Morgan fingerprint density at radius 1 is 1.38 bits per heavy atom. The van der Waals surface area contributed by atoms with Gasteiger partial charge < -0.3 is 10.2 Å². The molecule has 5 heteroatoms. The van der Waals surface area contributed by atoms with E-state index in [0.29, 0.717) is 6.54 Å². The molecule has 0 atom stereocenters. The lowest BCUT2D eigenvalue weighted by Gasteiger charge is -2.24. The molecule has 112 valence electrons. The second-order valence-corrected chi connectivity index (χ2v) is 6.14. The number of anilines is 1. The summed E-state index contributed by atoms with van der Waals surface area (Å²) in [5.74, 6) is 0.0360. The Balaban J connectivity index is 2.32. The second-order valence-electron chi connectivity index (χ2n) is 5.23. The molecule has 0 radical (unpaired) electrons. The molecule has 4 nitrogen and oxygen atoms in total. The molecular weight excluding hydrogens is 330 g/mol. The van der Waals surface area contributed by atoms with Crippen molar-refractivity contribution < 1.29 is 4.79 Å². The summed E-state index contributed by atoms with van der Waals surface area (Å²) >= 11 is 3.46. The summed E-state index contributed by atoms with van der Waals surface area (Å²) < 4.78 is 1.00. The van der Waals surface area contributed by atoms with E-state index in [1.807, 2.05) is 45.0 Å². The number of benzene rings is 1. The van der Waals surface area contributed by atoms with Crippen LogP contribution in [0.25, 0.3) is 10.9 Å². The van der Waals surface area contributed by atoms with Crippen molar-refractivity contribution in [3.63, 3.8) is 0 Å². The standard InChI is InChI=1S/C16H20BrN3O/c1-4-20(10-16(21)19-11(2)3)15-7-8-18-14-9-12(17)5-6-13(14)15/h5-9,11H,4,10H2,1-3H3,(H,19,21). The van der Waals surface area contributed by atoms with E-state index in [0.717, 1.165) is 27.6 Å². The highest BCUT2D eigenvalue weighted by molar-refractivity contribution is 9.10. The van der Waals surface area contributed by atoms with E-state index in [9.17, 15) is 4.79 Å². The molecule has 0 saturated carbocycles. The minimum atomic E-state index is 0.0360. The quantitative estimate of drug-likeness (QED) is 0.900. The summed E-state index contributed by atoms with van der Waals surface area (Å²) in [5.41, 5.74) is 1.96. The summed E-state index contributed by atoms with van der Waals surface area (Å²) in [7, 11) is 0. The van der Waals surface area contributed by atoms with Gasteiger partial charge in [0, 0.05) is 34.3 Å². The number of fused-ring (bicyclic) bond motifs is 1. The number of hydrogen-bond donors (Lipinski definition) is 1. The molecule has 0 fully saturated rings. The van der Waals surface area contributed by atoms with Crippen LogP contribution in [0.4, 0.5) is 5.69 Å². The van der Waals surface area contributed by atoms with Crippen LogP contribution in [-0.4, -0.2) is 30.0 Å². The van der Waals surface area contributed by atoms with Gasteiger partial charge in [-0.1, -0.05) is 15.9 Å². The first-order valence-electron chi connectivity index (χ1n) is 7.10. The van der Waals surface area contributed by atoms with E-state index in [4.69, 9.17) is 0 Å². The number of nitrogens with one attached hydrogen (secondary N) is 1. The molecule has 0 aliphatic heterocycles. The van der Waals surface area contributed by atoms with Crippen molar-refractivity contribution in [3.05, 3.63) is 34.9 Å². The van der Waals surface area contributed by atoms with Crippen molar-refractivity contribution in [3.8, 4) is 0 Å². The highest BCUT2D eigenvalue weighted by Gasteiger charge is 2.13. The maximum atomic E-state index is 12.0. The number of nitrogens with zero attached hydrogens (tertiary/aromatic N) is 2. The number of carbonyl (C=O) groups is 1. The molecule has 1 N–H and O–H groups in total. The Kier molecular flexibility index (Phi) is 5.17. The van der Waals surface area contributed by atoms with Gasteiger partial charge in [-0.2, -0.15) is 0 Å². The molecule has 0 unspecified atom stereocenters. The number of amides is 1. The van der Waals surface area contributed by atoms with Crippen LogP contribution in [0.3, 0.4) is 0 Å². The van der Waals surface area contributed by atoms with Gasteiger partial charge in [0.15, 0.2) is 0 Å². The van der Waals surface area contributed by atoms with Gasteiger partial charge in [0.25, 0.3) is 0 Å². The molecule has 0 saturated heterocycles. The molecule has 0 aliphatic rings. The SMILES string of the molecule is CCN(CC(=O)NC(C)C)c1ccnc2cc(Br)ccc12. The minimum Gasteiger partial charge on any atom is -0.362 e. The zero-order valence-corrected chi connectivity index (χ0v) is 14.1. The number of halogens is 1. The third-order valence-electron chi connectivity index (χ3n) is 3.19. The first-order chi connectivity index (χ1) is 10.0. The lowest BCUT2D eigenvalue weighted by atomic mass is 10.1. The molecule has 1 aromatic heterocycles. The van der Waals surface area contributed by atoms with Crippen molar-refractivity contribution in [2.75, 3.05) is 18.0 Å². The fraction of sp³-hybridized carbons (Fsp3) is 0.375. The van der Waals surface area contributed by atoms with E-state index in [1.165, 1.54) is 0 Å². The summed E-state index contributed by atoms with van der Waals surface area (Å²) in [6, 6.07) is 8.13. The van der Waals surface area contributed by atoms with E-state index in [-0.39, 0.29) is 11.9 Å². The maximum absolute atomic E-state index is 12.0. The van der Waals surface area contributed by atoms with Crippen LogP contribution >= 0.6 is 15.9 Å². The largest absolute Gasteiger partial charge is 0.362 e. The monoisotopic (exact) mass is 349 g/mol. The average Bonchev–Trinajstić information content (AvgIpc) is 2.43. The normalized spacial score (nSPS) is 10.9. The molecule has 21 heavy (non-hydrogen) atoms. The van der Waals surface area contributed by atoms with Gasteiger partial charge in [0.05, 0.1) is 12.1 Å². The zero-order chi connectivity index (χ0) is 15.4. The first-order valence-corrected chi connectivity index (χ1v) is 7.89. The van der Waals surface area contributed by atoms with Gasteiger partial charge in [-0.3, -0.25) is 9.78 Å². The topological polar surface area (TPSA) is 45.2 Å². The molecular formula is C16H20BrN3O. The Morgan fingerprint density at radius 2 is 2.14 bits per heavy atom. The van der Waals surface area contributed by atoms with Gasteiger partial charge >= 0.3 is 0 Å². The summed E-state index contributed by atoms with van der Waals surface area (Å²) in [6.07, 6.45) is 1.78. The Morgan fingerprint density at radius 3 is 2.81 bits per heavy atom. The van der Waals surface area contributed by atoms with Gasteiger partial charge in [0.1, 0.15) is 0 Å². The predicted octanol–water partition coefficient (Wildman–Crippen LogP) is 3.35. The number of carbonyl (C=O) groups excluding carboxylic acids is 1. The highest BCUT2D eigenvalue weighted by Crippen LogP contribution is 2.27. The molecule has 1 amide bonds. The van der Waals surface area contributed by atoms with Gasteiger partial charge in [0.2, 0.25) is 5.91 Å². The minimum absolute atomic E-state index is 0.0360. The molecule has 0 aliphatic carbocycles. The van der Waals surface area contributed by atoms with Gasteiger partial charge in [-0.25, -0.2) is 0 Å². The molecule has 2 rings (SSSR count). The molecule has 1 heterocycles. The number of hydrogen-bond acceptors (Lipinski definition) is 3. The summed E-state index contributed by atoms with van der Waals surface area (Å²) in [6.45, 7) is 7.10. The van der Waals surface area contributed by atoms with Crippen LogP contribution in [-0.2, 0) is 4.79 Å². The van der Waals surface area contributed by atoms with Crippen LogP contribution in [0.1, 0.15) is 20.8 Å². The summed E-state index contributed by atoms with van der Waals surface area (Å²) in [5, 5.41) is 3.99. The Bertz CT molecular complexity index is 642. The van der Waals surface area contributed by atoms with Crippen molar-refractivity contribution in [2.24, 2.45) is 0 Å². The van der Waals surface area contributed by atoms with Crippen LogP contribution in [0.2, 0.25) is 0 Å². The maximum Gasteiger partial charge on any atom is 0.239 e. The van der Waals surface area contributed by atoms with E-state index in [1.54, 1.807) is 6.20 Å². The highest BCUT2D eigenvalue weighted by atomic mass is 79.9. The van der Waals surface area contributed by atoms with Gasteiger partial charge in [-0.15, -0.1) is 0 Å². The Labute approximate surface area is 133 Å².